The van der Waals surface area contributed by atoms with Gasteiger partial charge in [0.25, 0.3) is 5.91 Å². The third-order valence-electron chi connectivity index (χ3n) is 7.62. The van der Waals surface area contributed by atoms with Crippen molar-refractivity contribution in [2.45, 2.75) is 27.4 Å². The lowest BCUT2D eigenvalue weighted by Gasteiger charge is -2.12. The van der Waals surface area contributed by atoms with E-state index in [-0.39, 0.29) is 24.9 Å². The van der Waals surface area contributed by atoms with Crippen LogP contribution >= 0.6 is 0 Å². The van der Waals surface area contributed by atoms with E-state index < -0.39 is 5.91 Å². The summed E-state index contributed by atoms with van der Waals surface area (Å²) in [5, 5.41) is 8.81. The summed E-state index contributed by atoms with van der Waals surface area (Å²) < 4.78 is 19.7. The highest BCUT2D eigenvalue weighted by atomic mass is 16.5. The molecule has 0 aliphatic heterocycles. The summed E-state index contributed by atoms with van der Waals surface area (Å²) in [6.07, 6.45) is 1.50. The number of furan rings is 1. The number of hydrogen-bond donors (Lipinski definition) is 2. The smallest absolute Gasteiger partial charge is 0.307 e. The van der Waals surface area contributed by atoms with E-state index in [2.05, 4.69) is 46.4 Å². The van der Waals surface area contributed by atoms with Gasteiger partial charge in [0, 0.05) is 28.3 Å². The van der Waals surface area contributed by atoms with Crippen LogP contribution in [0.5, 0.6) is 11.5 Å². The summed E-state index contributed by atoms with van der Waals surface area (Å²) in [5.74, 6) is 0.906. The number of nitrogens with one attached hydrogen (secondary N) is 2. The molecule has 0 saturated carbocycles. The van der Waals surface area contributed by atoms with Gasteiger partial charge in [-0.25, -0.2) is 5.43 Å². The number of carbonyl (C=O) groups excluding carboxylic acids is 2. The fourth-order valence-electron chi connectivity index (χ4n) is 5.22. The number of aryl methyl sites for hydroxylation is 3. The lowest BCUT2D eigenvalue weighted by molar-refractivity contribution is -0.118. The Hall–Kier alpha value is -6.09. The number of hydrogen-bond acceptors (Lipinski definition) is 6. The summed E-state index contributed by atoms with van der Waals surface area (Å²) in [7, 11) is 0. The van der Waals surface area contributed by atoms with Crippen LogP contribution in [0.2, 0.25) is 0 Å². The van der Waals surface area contributed by atoms with Crippen LogP contribution in [0.4, 0.5) is 5.69 Å². The average Bonchev–Trinajstić information content (AvgIpc) is 3.70. The molecule has 0 spiro atoms. The van der Waals surface area contributed by atoms with Gasteiger partial charge in [-0.2, -0.15) is 5.10 Å². The highest BCUT2D eigenvalue weighted by Crippen LogP contribution is 2.27. The number of aromatic nitrogens is 1. The fraction of sp³-hybridized carbons (Fsp3) is 0.132. The van der Waals surface area contributed by atoms with Crippen molar-refractivity contribution in [2.24, 2.45) is 5.10 Å². The molecule has 0 aliphatic rings. The second kappa shape index (κ2) is 13.9. The Morgan fingerprint density at radius 1 is 0.809 bits per heavy atom. The number of hydrazone groups is 1. The van der Waals surface area contributed by atoms with E-state index in [0.29, 0.717) is 28.5 Å². The highest BCUT2D eigenvalue weighted by Gasteiger charge is 2.13. The van der Waals surface area contributed by atoms with Crippen LogP contribution < -0.4 is 20.2 Å². The first-order valence-electron chi connectivity index (χ1n) is 15.2. The maximum Gasteiger partial charge on any atom is 0.307 e. The average molecular weight is 627 g/mol. The van der Waals surface area contributed by atoms with Crippen molar-refractivity contribution >= 4 is 34.5 Å². The predicted octanol–water partition coefficient (Wildman–Crippen LogP) is 7.51. The van der Waals surface area contributed by atoms with Crippen LogP contribution in [0.25, 0.3) is 16.5 Å². The second-order valence-corrected chi connectivity index (χ2v) is 11.1. The topological polar surface area (TPSA) is 107 Å². The summed E-state index contributed by atoms with van der Waals surface area (Å²) in [5.41, 5.74) is 8.30. The zero-order chi connectivity index (χ0) is 32.8. The van der Waals surface area contributed by atoms with Crippen molar-refractivity contribution in [1.29, 1.82) is 0 Å². The number of fused-ring (bicyclic) bond motifs is 1. The third kappa shape index (κ3) is 7.42. The first-order chi connectivity index (χ1) is 22.8. The Bertz CT molecular complexity index is 2040. The molecule has 0 radical (unpaired) electrons. The molecule has 2 aromatic heterocycles. The highest BCUT2D eigenvalue weighted by molar-refractivity contribution is 6.03. The Kier molecular flexibility index (Phi) is 9.15. The van der Waals surface area contributed by atoms with Gasteiger partial charge in [0.15, 0.2) is 12.4 Å². The summed E-state index contributed by atoms with van der Waals surface area (Å²) in [6, 6.07) is 34.2. The van der Waals surface area contributed by atoms with Crippen LogP contribution in [-0.2, 0) is 11.4 Å². The largest absolute Gasteiger partial charge is 0.486 e. The van der Waals surface area contributed by atoms with Crippen molar-refractivity contribution in [1.82, 2.24) is 9.99 Å². The van der Waals surface area contributed by atoms with E-state index in [0.717, 1.165) is 33.4 Å². The molecule has 0 unspecified atom stereocenters. The molecule has 9 nitrogen and oxygen atoms in total. The lowest BCUT2D eigenvalue weighted by Crippen LogP contribution is -2.20. The van der Waals surface area contributed by atoms with Crippen molar-refractivity contribution < 1.29 is 23.5 Å². The van der Waals surface area contributed by atoms with Gasteiger partial charge in [-0.3, -0.25) is 9.59 Å². The molecule has 2 N–H and O–H groups in total. The maximum atomic E-state index is 12.8. The zero-order valence-corrected chi connectivity index (χ0v) is 26.3. The first kappa shape index (κ1) is 30.9. The normalized spacial score (nSPS) is 11.1. The molecule has 0 bridgehead atoms. The molecule has 0 aliphatic carbocycles. The van der Waals surface area contributed by atoms with Gasteiger partial charge in [-0.1, -0.05) is 48.0 Å². The molecule has 0 saturated heterocycles. The molecule has 4 aromatic carbocycles. The van der Waals surface area contributed by atoms with Crippen molar-refractivity contribution in [3.8, 4) is 17.2 Å². The number of nitrogens with zero attached hydrogens (tertiary/aromatic N) is 2. The fourth-order valence-corrected chi connectivity index (χ4v) is 5.22. The molecule has 236 valence electrons. The molecule has 0 atom stereocenters. The van der Waals surface area contributed by atoms with E-state index in [1.165, 1.54) is 6.21 Å². The molecule has 0 fully saturated rings. The molecular weight excluding hydrogens is 592 g/mol. The molecular formula is C38H34N4O5. The minimum Gasteiger partial charge on any atom is -0.486 e. The summed E-state index contributed by atoms with van der Waals surface area (Å²) in [4.78, 5) is 25.4. The second-order valence-electron chi connectivity index (χ2n) is 11.1. The van der Waals surface area contributed by atoms with Gasteiger partial charge in [0.1, 0.15) is 23.9 Å². The summed E-state index contributed by atoms with van der Waals surface area (Å²) >= 11 is 0. The Morgan fingerprint density at radius 3 is 2.32 bits per heavy atom. The molecule has 6 aromatic rings. The van der Waals surface area contributed by atoms with Gasteiger partial charge in [-0.15, -0.1) is 0 Å². The van der Waals surface area contributed by atoms with E-state index >= 15 is 0 Å². The van der Waals surface area contributed by atoms with Crippen molar-refractivity contribution in [3.05, 3.63) is 143 Å². The van der Waals surface area contributed by atoms with Crippen LogP contribution in [-0.4, -0.2) is 29.2 Å². The van der Waals surface area contributed by atoms with Gasteiger partial charge in [0.05, 0.1) is 6.21 Å². The number of rotatable bonds is 11. The number of ether oxygens (including phenoxy) is 2. The van der Waals surface area contributed by atoms with E-state index in [4.69, 9.17) is 13.9 Å². The molecule has 2 amide bonds. The SMILES string of the molecule is Cc1ccc(NC(=O)COc2ccc3ccccc3c2/C=N/NC(=O)c2ccc(COc3ccc(-n4c(C)ccc4C)cc3)o2)cc1. The molecule has 6 rings (SSSR count). The molecule has 47 heavy (non-hydrogen) atoms. The Balaban J connectivity index is 1.07. The minimum atomic E-state index is -0.519. The first-order valence-corrected chi connectivity index (χ1v) is 15.2. The third-order valence-corrected chi connectivity index (χ3v) is 7.62. The quantitative estimate of drug-likeness (QED) is 0.114. The number of amides is 2. The van der Waals surface area contributed by atoms with Crippen LogP contribution in [0, 0.1) is 20.8 Å². The van der Waals surface area contributed by atoms with E-state index in [1.807, 2.05) is 85.8 Å². The van der Waals surface area contributed by atoms with Crippen molar-refractivity contribution in [2.75, 3.05) is 11.9 Å². The van der Waals surface area contributed by atoms with Gasteiger partial charge >= 0.3 is 5.91 Å². The lowest BCUT2D eigenvalue weighted by atomic mass is 10.0. The van der Waals surface area contributed by atoms with E-state index in [1.54, 1.807) is 18.2 Å². The number of carbonyl (C=O) groups is 2. The van der Waals surface area contributed by atoms with Crippen molar-refractivity contribution in [3.63, 3.8) is 0 Å². The number of benzene rings is 4. The standard InChI is InChI=1S/C38H34N4O5/c1-25-8-13-29(14-9-25)40-37(43)24-46-35-20-12-28-6-4-5-7-33(28)34(35)22-39-41-38(44)36-21-19-32(47-36)23-45-31-17-15-30(16-18-31)42-26(2)10-11-27(42)3/h4-22H,23-24H2,1-3H3,(H,40,43)(H,41,44)/b39-22+. The van der Waals surface area contributed by atoms with Gasteiger partial charge in [-0.05, 0) is 98.3 Å². The van der Waals surface area contributed by atoms with Crippen LogP contribution in [0.1, 0.15) is 38.8 Å². The maximum absolute atomic E-state index is 12.8. The summed E-state index contributed by atoms with van der Waals surface area (Å²) in [6.45, 7) is 6.08. The Labute approximate surface area is 272 Å². The molecule has 2 heterocycles. The zero-order valence-electron chi connectivity index (χ0n) is 26.3. The number of anilines is 1. The van der Waals surface area contributed by atoms with Gasteiger partial charge < -0.3 is 23.8 Å². The van der Waals surface area contributed by atoms with E-state index in [9.17, 15) is 9.59 Å². The van der Waals surface area contributed by atoms with Gasteiger partial charge in [0.2, 0.25) is 0 Å². The monoisotopic (exact) mass is 626 g/mol. The predicted molar refractivity (Wildman–Crippen MR) is 183 cm³/mol. The molecule has 9 heteroatoms. The van der Waals surface area contributed by atoms with Crippen LogP contribution in [0.3, 0.4) is 0 Å². The Morgan fingerprint density at radius 2 is 1.55 bits per heavy atom. The van der Waals surface area contributed by atoms with Crippen LogP contribution in [0.15, 0.2) is 119 Å². The minimum absolute atomic E-state index is 0.0943.